The number of hydrogen-bond donors (Lipinski definition) is 2. The second-order valence-corrected chi connectivity index (χ2v) is 5.57. The van der Waals surface area contributed by atoms with Gasteiger partial charge in [-0.2, -0.15) is 0 Å². The van der Waals surface area contributed by atoms with Gasteiger partial charge in [-0.25, -0.2) is 0 Å². The molecule has 0 spiro atoms. The van der Waals surface area contributed by atoms with Crippen LogP contribution in [-0.2, 0) is 5.60 Å². The van der Waals surface area contributed by atoms with E-state index in [4.69, 9.17) is 4.74 Å². The topological polar surface area (TPSA) is 52.9 Å². The molecule has 2 rings (SSSR count). The first-order valence-corrected chi connectivity index (χ1v) is 6.69. The highest BCUT2D eigenvalue weighted by atomic mass is 16.5. The lowest BCUT2D eigenvalue weighted by Gasteiger charge is -2.45. The van der Waals surface area contributed by atoms with Crippen molar-refractivity contribution < 1.29 is 14.9 Å². The lowest BCUT2D eigenvalue weighted by Crippen LogP contribution is -2.52. The highest BCUT2D eigenvalue weighted by Crippen LogP contribution is 2.40. The number of nitrogens with zero attached hydrogens (tertiary/aromatic N) is 1. The van der Waals surface area contributed by atoms with E-state index in [0.29, 0.717) is 6.42 Å². The van der Waals surface area contributed by atoms with Gasteiger partial charge in [0.2, 0.25) is 0 Å². The molecule has 4 nitrogen and oxygen atoms in total. The zero-order chi connectivity index (χ0) is 14.0. The maximum Gasteiger partial charge on any atom is 0.119 e. The van der Waals surface area contributed by atoms with Crippen LogP contribution < -0.4 is 4.74 Å². The summed E-state index contributed by atoms with van der Waals surface area (Å²) in [6, 6.07) is 7.49. The van der Waals surface area contributed by atoms with Crippen molar-refractivity contribution in [3.8, 4) is 5.75 Å². The summed E-state index contributed by atoms with van der Waals surface area (Å²) in [5, 5.41) is 21.0. The molecule has 0 aromatic heterocycles. The van der Waals surface area contributed by atoms with Crippen LogP contribution in [0.3, 0.4) is 0 Å². The maximum absolute atomic E-state index is 11.1. The van der Waals surface area contributed by atoms with Crippen molar-refractivity contribution in [3.63, 3.8) is 0 Å². The summed E-state index contributed by atoms with van der Waals surface area (Å²) in [5.41, 5.74) is -0.223. The maximum atomic E-state index is 11.1. The minimum atomic E-state index is -1.03. The van der Waals surface area contributed by atoms with Gasteiger partial charge in [0.1, 0.15) is 11.4 Å². The first kappa shape index (κ1) is 14.3. The van der Waals surface area contributed by atoms with Crippen molar-refractivity contribution in [2.45, 2.75) is 37.0 Å². The molecular formula is C15H23NO3. The van der Waals surface area contributed by atoms with Crippen molar-refractivity contribution in [3.05, 3.63) is 29.8 Å². The zero-order valence-corrected chi connectivity index (χ0v) is 11.8. The fourth-order valence-electron chi connectivity index (χ4n) is 3.07. The number of rotatable bonds is 3. The van der Waals surface area contributed by atoms with Gasteiger partial charge in [0, 0.05) is 12.5 Å². The molecule has 4 heteroatoms. The second kappa shape index (κ2) is 5.49. The number of aliphatic hydroxyl groups excluding tert-OH is 1. The number of ether oxygens (including phenoxy) is 1. The average molecular weight is 265 g/mol. The Labute approximate surface area is 114 Å². The van der Waals surface area contributed by atoms with Gasteiger partial charge in [-0.1, -0.05) is 12.1 Å². The van der Waals surface area contributed by atoms with E-state index in [1.807, 2.05) is 43.3 Å². The van der Waals surface area contributed by atoms with Crippen molar-refractivity contribution >= 4 is 0 Å². The second-order valence-electron chi connectivity index (χ2n) is 5.57. The predicted molar refractivity (Wildman–Crippen MR) is 74.2 cm³/mol. The van der Waals surface area contributed by atoms with Gasteiger partial charge < -0.3 is 19.8 Å². The van der Waals surface area contributed by atoms with Gasteiger partial charge in [0.25, 0.3) is 0 Å². The number of aliphatic hydroxyl groups is 2. The van der Waals surface area contributed by atoms with Crippen LogP contribution in [0.2, 0.25) is 0 Å². The Morgan fingerprint density at radius 3 is 2.68 bits per heavy atom. The lowest BCUT2D eigenvalue weighted by atomic mass is 9.74. The summed E-state index contributed by atoms with van der Waals surface area (Å²) in [7, 11) is 5.54. The Kier molecular flexibility index (Phi) is 4.13. The smallest absolute Gasteiger partial charge is 0.119 e. The fraction of sp³-hybridized carbons (Fsp3) is 0.600. The molecular weight excluding hydrogens is 242 g/mol. The zero-order valence-electron chi connectivity index (χ0n) is 11.8. The van der Waals surface area contributed by atoms with E-state index in [0.717, 1.165) is 24.2 Å². The third-order valence-electron chi connectivity index (χ3n) is 4.06. The largest absolute Gasteiger partial charge is 0.497 e. The van der Waals surface area contributed by atoms with Gasteiger partial charge >= 0.3 is 0 Å². The lowest BCUT2D eigenvalue weighted by molar-refractivity contribution is -0.101. The molecule has 1 fully saturated rings. The van der Waals surface area contributed by atoms with Crippen LogP contribution in [0.4, 0.5) is 0 Å². The summed E-state index contributed by atoms with van der Waals surface area (Å²) in [6.07, 6.45) is 1.42. The summed E-state index contributed by atoms with van der Waals surface area (Å²) in [6.45, 7) is 0. The highest BCUT2D eigenvalue weighted by molar-refractivity contribution is 5.34. The molecule has 0 radical (unpaired) electrons. The van der Waals surface area contributed by atoms with Crippen LogP contribution in [0.1, 0.15) is 24.8 Å². The molecule has 1 aliphatic carbocycles. The molecule has 1 saturated carbocycles. The van der Waals surface area contributed by atoms with Crippen molar-refractivity contribution in [2.24, 2.45) is 0 Å². The molecule has 0 amide bonds. The summed E-state index contributed by atoms with van der Waals surface area (Å²) in [4.78, 5) is 2.03. The molecule has 0 heterocycles. The van der Waals surface area contributed by atoms with Gasteiger partial charge in [0.05, 0.1) is 13.2 Å². The van der Waals surface area contributed by atoms with Crippen LogP contribution in [0, 0.1) is 0 Å². The minimum Gasteiger partial charge on any atom is -0.497 e. The molecule has 0 bridgehead atoms. The van der Waals surface area contributed by atoms with Crippen LogP contribution in [-0.4, -0.2) is 48.5 Å². The summed E-state index contributed by atoms with van der Waals surface area (Å²) in [5.74, 6) is 0.725. The minimum absolute atomic E-state index is 0.00278. The van der Waals surface area contributed by atoms with Gasteiger partial charge in [-0.15, -0.1) is 0 Å². The Bertz CT molecular complexity index is 435. The first-order chi connectivity index (χ1) is 8.97. The van der Waals surface area contributed by atoms with Crippen molar-refractivity contribution in [1.82, 2.24) is 4.90 Å². The Balaban J connectivity index is 2.39. The van der Waals surface area contributed by atoms with Crippen molar-refractivity contribution in [1.29, 1.82) is 0 Å². The molecule has 1 aliphatic rings. The molecule has 2 N–H and O–H groups in total. The standard InChI is InChI=1S/C15H23NO3/c1-16(2)14-8-7-12(17)10-15(14,18)11-5-4-6-13(9-11)19-3/h4-6,9,12,14,17-18H,7-8,10H2,1-3H3/t12-,14-,15-/m1/s1. The number of methoxy groups -OCH3 is 1. The van der Waals surface area contributed by atoms with Crippen LogP contribution >= 0.6 is 0 Å². The quantitative estimate of drug-likeness (QED) is 0.866. The average Bonchev–Trinajstić information content (AvgIpc) is 2.38. The highest BCUT2D eigenvalue weighted by Gasteiger charge is 2.44. The predicted octanol–water partition coefficient (Wildman–Crippen LogP) is 1.36. The van der Waals surface area contributed by atoms with E-state index in [1.54, 1.807) is 7.11 Å². The Morgan fingerprint density at radius 2 is 2.05 bits per heavy atom. The summed E-state index contributed by atoms with van der Waals surface area (Å²) < 4.78 is 5.23. The molecule has 1 aromatic rings. The molecule has 3 atom stereocenters. The van der Waals surface area contributed by atoms with E-state index in [-0.39, 0.29) is 6.04 Å². The molecule has 0 unspecified atom stereocenters. The number of benzene rings is 1. The van der Waals surface area contributed by atoms with Gasteiger partial charge in [-0.3, -0.25) is 0 Å². The molecule has 0 aliphatic heterocycles. The Hall–Kier alpha value is -1.10. The Morgan fingerprint density at radius 1 is 1.32 bits per heavy atom. The van der Waals surface area contributed by atoms with Crippen LogP contribution in [0.5, 0.6) is 5.75 Å². The fourth-order valence-corrected chi connectivity index (χ4v) is 3.07. The first-order valence-electron chi connectivity index (χ1n) is 6.69. The van der Waals surface area contributed by atoms with E-state index < -0.39 is 11.7 Å². The van der Waals surface area contributed by atoms with E-state index >= 15 is 0 Å². The number of hydrogen-bond acceptors (Lipinski definition) is 4. The van der Waals surface area contributed by atoms with E-state index in [1.165, 1.54) is 0 Å². The molecule has 106 valence electrons. The molecule has 19 heavy (non-hydrogen) atoms. The van der Waals surface area contributed by atoms with Crippen LogP contribution in [0.25, 0.3) is 0 Å². The van der Waals surface area contributed by atoms with E-state index in [2.05, 4.69) is 0 Å². The third-order valence-corrected chi connectivity index (χ3v) is 4.06. The summed E-state index contributed by atoms with van der Waals surface area (Å²) >= 11 is 0. The van der Waals surface area contributed by atoms with Crippen molar-refractivity contribution in [2.75, 3.05) is 21.2 Å². The SMILES string of the molecule is COc1cccc([C@]2(O)C[C@H](O)CC[C@H]2N(C)C)c1. The van der Waals surface area contributed by atoms with E-state index in [9.17, 15) is 10.2 Å². The van der Waals surface area contributed by atoms with Gasteiger partial charge in [-0.05, 0) is 44.6 Å². The molecule has 0 saturated heterocycles. The molecule has 1 aromatic carbocycles. The third kappa shape index (κ3) is 2.76. The van der Waals surface area contributed by atoms with Crippen LogP contribution in [0.15, 0.2) is 24.3 Å². The normalized spacial score (nSPS) is 31.5. The van der Waals surface area contributed by atoms with Gasteiger partial charge in [0.15, 0.2) is 0 Å². The number of likely N-dealkylation sites (N-methyl/N-ethyl adjacent to an activating group) is 1. The monoisotopic (exact) mass is 265 g/mol.